The molecule has 1 N–H and O–H groups in total. The molecule has 1 atom stereocenters. The first-order valence-corrected chi connectivity index (χ1v) is 6.95. The maximum atomic E-state index is 13.8. The molecule has 1 aliphatic carbocycles. The van der Waals surface area contributed by atoms with Gasteiger partial charge in [-0.05, 0) is 30.9 Å². The molecule has 0 bridgehead atoms. The number of halogens is 2. The molecule has 0 radical (unpaired) electrons. The van der Waals surface area contributed by atoms with Gasteiger partial charge in [0.15, 0.2) is 0 Å². The maximum absolute atomic E-state index is 13.8. The third-order valence-corrected chi connectivity index (χ3v) is 4.09. The summed E-state index contributed by atoms with van der Waals surface area (Å²) in [5.41, 5.74) is 0.256. The third kappa shape index (κ3) is 2.50. The number of amides is 2. The molecule has 1 aliphatic heterocycles. The highest BCUT2D eigenvalue weighted by atomic mass is 35.5. The molecular weight excluding hydrogens is 283 g/mol. The lowest BCUT2D eigenvalue weighted by atomic mass is 10.1. The monoisotopic (exact) mass is 296 g/mol. The largest absolute Gasteiger partial charge is 0.342 e. The number of hydrogen-bond donors (Lipinski definition) is 1. The summed E-state index contributed by atoms with van der Waals surface area (Å²) in [4.78, 5) is 25.4. The average molecular weight is 297 g/mol. The molecule has 2 aliphatic rings. The number of piperazine rings is 1. The highest BCUT2D eigenvalue weighted by molar-refractivity contribution is 6.31. The van der Waals surface area contributed by atoms with Gasteiger partial charge in [-0.1, -0.05) is 17.7 Å². The van der Waals surface area contributed by atoms with E-state index in [1.165, 1.54) is 17.0 Å². The minimum absolute atomic E-state index is 0.0288. The first kappa shape index (κ1) is 13.4. The first-order valence-electron chi connectivity index (χ1n) is 6.57. The van der Waals surface area contributed by atoms with E-state index in [-0.39, 0.29) is 41.4 Å². The molecule has 20 heavy (non-hydrogen) atoms. The Hall–Kier alpha value is -1.62. The second-order valence-corrected chi connectivity index (χ2v) is 5.68. The lowest BCUT2D eigenvalue weighted by Gasteiger charge is -2.33. The average Bonchev–Trinajstić information content (AvgIpc) is 3.22. The van der Waals surface area contributed by atoms with Gasteiger partial charge >= 0.3 is 0 Å². The molecule has 1 heterocycles. The van der Waals surface area contributed by atoms with Gasteiger partial charge in [0.2, 0.25) is 11.8 Å². The molecule has 1 saturated heterocycles. The second kappa shape index (κ2) is 5.05. The van der Waals surface area contributed by atoms with Crippen molar-refractivity contribution in [3.63, 3.8) is 0 Å². The zero-order valence-electron chi connectivity index (χ0n) is 10.7. The molecule has 3 rings (SSSR count). The lowest BCUT2D eigenvalue weighted by Crippen LogP contribution is -2.58. The van der Waals surface area contributed by atoms with Crippen molar-refractivity contribution in [2.75, 3.05) is 6.54 Å². The van der Waals surface area contributed by atoms with Crippen LogP contribution in [-0.4, -0.2) is 29.3 Å². The van der Waals surface area contributed by atoms with Crippen LogP contribution in [0, 0.1) is 11.7 Å². The van der Waals surface area contributed by atoms with Crippen molar-refractivity contribution in [2.45, 2.75) is 25.4 Å². The molecule has 0 spiro atoms. The normalized spacial score (nSPS) is 22.9. The van der Waals surface area contributed by atoms with Crippen molar-refractivity contribution in [2.24, 2.45) is 5.92 Å². The van der Waals surface area contributed by atoms with Gasteiger partial charge in [-0.15, -0.1) is 0 Å². The molecular formula is C14H14ClFN2O2. The fraction of sp³-hybridized carbons (Fsp3) is 0.429. The predicted molar refractivity (Wildman–Crippen MR) is 71.5 cm³/mol. The Morgan fingerprint density at radius 2 is 2.10 bits per heavy atom. The molecule has 106 valence electrons. The molecule has 1 saturated carbocycles. The Labute approximate surface area is 120 Å². The molecule has 6 heteroatoms. The van der Waals surface area contributed by atoms with Gasteiger partial charge in [0.25, 0.3) is 0 Å². The number of benzene rings is 1. The fourth-order valence-electron chi connectivity index (χ4n) is 2.49. The zero-order chi connectivity index (χ0) is 14.3. The summed E-state index contributed by atoms with van der Waals surface area (Å²) >= 11 is 5.97. The van der Waals surface area contributed by atoms with Crippen LogP contribution in [0.3, 0.4) is 0 Å². The number of nitrogens with zero attached hydrogens (tertiary/aromatic N) is 1. The maximum Gasteiger partial charge on any atom is 0.246 e. The summed E-state index contributed by atoms with van der Waals surface area (Å²) < 4.78 is 13.8. The van der Waals surface area contributed by atoms with Crippen LogP contribution >= 0.6 is 11.6 Å². The highest BCUT2D eigenvalue weighted by Crippen LogP contribution is 2.34. The van der Waals surface area contributed by atoms with Gasteiger partial charge in [-0.3, -0.25) is 9.59 Å². The van der Waals surface area contributed by atoms with Crippen LogP contribution in [0.5, 0.6) is 0 Å². The molecule has 2 amide bonds. The van der Waals surface area contributed by atoms with Crippen LogP contribution in [0.4, 0.5) is 4.39 Å². The van der Waals surface area contributed by atoms with Gasteiger partial charge in [0.1, 0.15) is 11.9 Å². The molecule has 2 fully saturated rings. The molecule has 1 unspecified atom stereocenters. The summed E-state index contributed by atoms with van der Waals surface area (Å²) in [6.45, 7) is -0.0201. The number of nitrogens with one attached hydrogen (secondary N) is 1. The van der Waals surface area contributed by atoms with Crippen LogP contribution in [0.1, 0.15) is 18.4 Å². The lowest BCUT2D eigenvalue weighted by molar-refractivity contribution is -0.145. The zero-order valence-corrected chi connectivity index (χ0v) is 11.5. The van der Waals surface area contributed by atoms with E-state index in [1.54, 1.807) is 6.07 Å². The summed E-state index contributed by atoms with van der Waals surface area (Å²) in [6.07, 6.45) is 1.90. The van der Waals surface area contributed by atoms with Gasteiger partial charge < -0.3 is 10.2 Å². The van der Waals surface area contributed by atoms with Gasteiger partial charge in [0, 0.05) is 10.6 Å². The number of carbonyl (C=O) groups is 2. The predicted octanol–water partition coefficient (Wildman–Crippen LogP) is 1.72. The Balaban J connectivity index is 1.82. The van der Waals surface area contributed by atoms with E-state index >= 15 is 0 Å². The van der Waals surface area contributed by atoms with E-state index in [4.69, 9.17) is 11.6 Å². The van der Waals surface area contributed by atoms with Gasteiger partial charge in [-0.25, -0.2) is 4.39 Å². The first-order chi connectivity index (χ1) is 9.56. The molecule has 0 aromatic heterocycles. The second-order valence-electron chi connectivity index (χ2n) is 5.28. The van der Waals surface area contributed by atoms with Crippen molar-refractivity contribution in [1.82, 2.24) is 10.2 Å². The van der Waals surface area contributed by atoms with Gasteiger partial charge in [0.05, 0.1) is 13.1 Å². The Kier molecular flexibility index (Phi) is 3.38. The van der Waals surface area contributed by atoms with Crippen LogP contribution in [0.15, 0.2) is 18.2 Å². The number of hydrogen-bond acceptors (Lipinski definition) is 2. The topological polar surface area (TPSA) is 49.4 Å². The fourth-order valence-corrected chi connectivity index (χ4v) is 2.71. The molecule has 1 aromatic rings. The molecule has 4 nitrogen and oxygen atoms in total. The quantitative estimate of drug-likeness (QED) is 0.923. The van der Waals surface area contributed by atoms with Crippen molar-refractivity contribution in [1.29, 1.82) is 0 Å². The van der Waals surface area contributed by atoms with E-state index in [9.17, 15) is 14.0 Å². The van der Waals surface area contributed by atoms with E-state index in [1.807, 2.05) is 0 Å². The minimum atomic E-state index is -0.459. The SMILES string of the molecule is O=C1CN(Cc2c(F)cccc2Cl)C(=O)C(C2CC2)N1. The van der Waals surface area contributed by atoms with Crippen LogP contribution in [0.2, 0.25) is 5.02 Å². The number of carbonyl (C=O) groups excluding carboxylic acids is 2. The Morgan fingerprint density at radius 1 is 1.35 bits per heavy atom. The molecule has 1 aromatic carbocycles. The Morgan fingerprint density at radius 3 is 2.75 bits per heavy atom. The van der Waals surface area contributed by atoms with Crippen LogP contribution in [0.25, 0.3) is 0 Å². The summed E-state index contributed by atoms with van der Waals surface area (Å²) in [7, 11) is 0. The smallest absolute Gasteiger partial charge is 0.246 e. The van der Waals surface area contributed by atoms with Crippen LogP contribution < -0.4 is 5.32 Å². The standard InChI is InChI=1S/C14H14ClFN2O2/c15-10-2-1-3-11(16)9(10)6-18-7-12(19)17-13(14(18)20)8-4-5-8/h1-3,8,13H,4-7H2,(H,17,19). The van der Waals surface area contributed by atoms with Crippen molar-refractivity contribution in [3.05, 3.63) is 34.6 Å². The van der Waals surface area contributed by atoms with Crippen molar-refractivity contribution >= 4 is 23.4 Å². The highest BCUT2D eigenvalue weighted by Gasteiger charge is 2.42. The van der Waals surface area contributed by atoms with E-state index in [0.29, 0.717) is 0 Å². The van der Waals surface area contributed by atoms with Crippen molar-refractivity contribution < 1.29 is 14.0 Å². The van der Waals surface area contributed by atoms with E-state index in [2.05, 4.69) is 5.32 Å². The minimum Gasteiger partial charge on any atom is -0.342 e. The van der Waals surface area contributed by atoms with E-state index in [0.717, 1.165) is 12.8 Å². The van der Waals surface area contributed by atoms with Gasteiger partial charge in [-0.2, -0.15) is 0 Å². The third-order valence-electron chi connectivity index (χ3n) is 3.73. The van der Waals surface area contributed by atoms with Crippen molar-refractivity contribution in [3.8, 4) is 0 Å². The summed E-state index contributed by atoms with van der Waals surface area (Å²) in [6, 6.07) is 3.93. The van der Waals surface area contributed by atoms with Crippen LogP contribution in [-0.2, 0) is 16.1 Å². The number of rotatable bonds is 3. The summed E-state index contributed by atoms with van der Waals surface area (Å²) in [5, 5.41) is 2.99. The Bertz CT molecular complexity index is 554. The summed E-state index contributed by atoms with van der Waals surface area (Å²) in [5.74, 6) is -0.579. The van der Waals surface area contributed by atoms with E-state index < -0.39 is 11.9 Å².